The average Bonchev–Trinajstić information content (AvgIpc) is 3.51. The lowest BCUT2D eigenvalue weighted by Crippen LogP contribution is -2.46. The third kappa shape index (κ3) is 5.97. The number of aromatic nitrogens is 4. The number of carbonyl (C=O) groups excluding carboxylic acids is 1. The van der Waals surface area contributed by atoms with Crippen LogP contribution in [0.1, 0.15) is 113 Å². The van der Waals surface area contributed by atoms with Gasteiger partial charge in [-0.2, -0.15) is 15.4 Å². The molecule has 3 N–H and O–H groups in total. The minimum atomic E-state index is -0.781. The van der Waals surface area contributed by atoms with Crippen LogP contribution in [0.25, 0.3) is 22.5 Å². The maximum Gasteiger partial charge on any atom is 0.306 e. The monoisotopic (exact) mass is 559 g/mol. The molecule has 0 unspecified atom stereocenters. The standard InChI is InChI=1S/C33H45N5O3/c1-19(2)29-30(36-37-35-29)25-13-12-22(16-27(25)33(4,5)6)28-17-26(31(39)34-24-14-23(15-24)32(40)41)20(3)38(28)18-21-10-8-7-9-11-21/h12-13,16-17,19,21,23-24H,7-11,14-15,18H2,1-6H3,(H,34,39)(H,40,41)(H,35,36,37). The Hall–Kier alpha value is -3.42. The number of carboxylic acid groups (broad SMARTS) is 1. The number of aliphatic carboxylic acids is 1. The number of amides is 1. The van der Waals surface area contributed by atoms with E-state index >= 15 is 0 Å². The number of benzene rings is 1. The summed E-state index contributed by atoms with van der Waals surface area (Å²) in [6.07, 6.45) is 7.25. The topological polar surface area (TPSA) is 113 Å². The molecule has 0 spiro atoms. The van der Waals surface area contributed by atoms with Crippen LogP contribution >= 0.6 is 0 Å². The Labute approximate surface area is 243 Å². The van der Waals surface area contributed by atoms with Gasteiger partial charge in [-0.1, -0.05) is 66.0 Å². The average molecular weight is 560 g/mol. The smallest absolute Gasteiger partial charge is 0.306 e. The van der Waals surface area contributed by atoms with E-state index in [0.29, 0.717) is 24.3 Å². The molecule has 2 fully saturated rings. The minimum Gasteiger partial charge on any atom is -0.481 e. The van der Waals surface area contributed by atoms with Gasteiger partial charge in [-0.25, -0.2) is 0 Å². The molecule has 0 aliphatic heterocycles. The van der Waals surface area contributed by atoms with Crippen molar-refractivity contribution in [3.63, 3.8) is 0 Å². The lowest BCUT2D eigenvalue weighted by atomic mass is 9.80. The van der Waals surface area contributed by atoms with Crippen molar-refractivity contribution in [2.24, 2.45) is 11.8 Å². The number of hydrogen-bond donors (Lipinski definition) is 3. The molecular weight excluding hydrogens is 514 g/mol. The van der Waals surface area contributed by atoms with Crippen LogP contribution in [-0.2, 0) is 16.8 Å². The Bertz CT molecular complexity index is 1410. The third-order valence-electron chi connectivity index (χ3n) is 9.10. The predicted octanol–water partition coefficient (Wildman–Crippen LogP) is 6.84. The Morgan fingerprint density at radius 2 is 1.80 bits per heavy atom. The highest BCUT2D eigenvalue weighted by Crippen LogP contribution is 2.39. The predicted molar refractivity (Wildman–Crippen MR) is 161 cm³/mol. The van der Waals surface area contributed by atoms with Crippen LogP contribution in [0, 0.1) is 18.8 Å². The summed E-state index contributed by atoms with van der Waals surface area (Å²) in [6.45, 7) is 13.9. The van der Waals surface area contributed by atoms with Crippen LogP contribution in [0.3, 0.4) is 0 Å². The first-order valence-corrected chi connectivity index (χ1v) is 15.2. The van der Waals surface area contributed by atoms with Gasteiger partial charge in [-0.15, -0.1) is 0 Å². The second-order valence-corrected chi connectivity index (χ2v) is 13.5. The number of nitrogens with zero attached hydrogens (tertiary/aromatic N) is 3. The zero-order valence-electron chi connectivity index (χ0n) is 25.4. The van der Waals surface area contributed by atoms with Crippen LogP contribution in [0.2, 0.25) is 0 Å². The highest BCUT2D eigenvalue weighted by atomic mass is 16.4. The van der Waals surface area contributed by atoms with E-state index in [2.05, 4.69) is 78.1 Å². The Morgan fingerprint density at radius 3 is 2.44 bits per heavy atom. The number of H-pyrrole nitrogens is 1. The van der Waals surface area contributed by atoms with E-state index in [0.717, 1.165) is 40.4 Å². The molecule has 2 heterocycles. The summed E-state index contributed by atoms with van der Waals surface area (Å²) >= 11 is 0. The molecule has 220 valence electrons. The molecule has 0 saturated heterocycles. The van der Waals surface area contributed by atoms with Crippen molar-refractivity contribution in [3.05, 3.63) is 46.8 Å². The number of rotatable bonds is 8. The maximum atomic E-state index is 13.5. The van der Waals surface area contributed by atoms with Crippen molar-refractivity contribution in [1.82, 2.24) is 25.3 Å². The zero-order valence-corrected chi connectivity index (χ0v) is 25.4. The van der Waals surface area contributed by atoms with Gasteiger partial charge in [0.25, 0.3) is 5.91 Å². The van der Waals surface area contributed by atoms with Crippen LogP contribution in [0.15, 0.2) is 24.3 Å². The normalized spacial score (nSPS) is 19.8. The maximum absolute atomic E-state index is 13.5. The highest BCUT2D eigenvalue weighted by Gasteiger charge is 2.36. The summed E-state index contributed by atoms with van der Waals surface area (Å²) < 4.78 is 2.35. The molecule has 41 heavy (non-hydrogen) atoms. The van der Waals surface area contributed by atoms with Crippen LogP contribution in [-0.4, -0.2) is 43.0 Å². The van der Waals surface area contributed by atoms with E-state index in [1.54, 1.807) is 0 Å². The Balaban J connectivity index is 1.55. The van der Waals surface area contributed by atoms with Gasteiger partial charge >= 0.3 is 5.97 Å². The van der Waals surface area contributed by atoms with E-state index in [-0.39, 0.29) is 29.2 Å². The van der Waals surface area contributed by atoms with Crippen molar-refractivity contribution in [1.29, 1.82) is 0 Å². The third-order valence-corrected chi connectivity index (χ3v) is 9.10. The van der Waals surface area contributed by atoms with Gasteiger partial charge < -0.3 is 15.0 Å². The fourth-order valence-electron chi connectivity index (χ4n) is 6.55. The van der Waals surface area contributed by atoms with E-state index in [1.165, 1.54) is 37.7 Å². The van der Waals surface area contributed by atoms with Crippen LogP contribution < -0.4 is 5.32 Å². The Morgan fingerprint density at radius 1 is 1.10 bits per heavy atom. The second-order valence-electron chi connectivity index (χ2n) is 13.5. The molecule has 8 nitrogen and oxygen atoms in total. The molecule has 8 heteroatoms. The molecule has 0 atom stereocenters. The van der Waals surface area contributed by atoms with Crippen molar-refractivity contribution in [2.45, 2.75) is 110 Å². The summed E-state index contributed by atoms with van der Waals surface area (Å²) in [5.74, 6) is -0.413. The largest absolute Gasteiger partial charge is 0.481 e. The number of carbonyl (C=O) groups is 2. The number of carboxylic acids is 1. The van der Waals surface area contributed by atoms with Gasteiger partial charge in [0.15, 0.2) is 0 Å². The number of hydrogen-bond acceptors (Lipinski definition) is 4. The lowest BCUT2D eigenvalue weighted by molar-refractivity contribution is -0.145. The first-order valence-electron chi connectivity index (χ1n) is 15.2. The Kier molecular flexibility index (Phi) is 8.13. The number of nitrogens with one attached hydrogen (secondary N) is 2. The quantitative estimate of drug-likeness (QED) is 0.280. The molecular formula is C33H45N5O3. The SMILES string of the molecule is Cc1c(C(=O)NC2CC(C(=O)O)C2)cc(-c2ccc(-c3n[nH]nc3C(C)C)c(C(C)(C)C)c2)n1CC1CCCCC1. The number of aromatic amines is 1. The van der Waals surface area contributed by atoms with E-state index in [4.69, 9.17) is 0 Å². The first kappa shape index (κ1) is 29.1. The van der Waals surface area contributed by atoms with Crippen molar-refractivity contribution in [2.75, 3.05) is 0 Å². The molecule has 1 amide bonds. The van der Waals surface area contributed by atoms with E-state index in [9.17, 15) is 14.7 Å². The molecule has 0 bridgehead atoms. The summed E-state index contributed by atoms with van der Waals surface area (Å²) in [5, 5.41) is 24.2. The molecule has 1 aromatic carbocycles. The summed E-state index contributed by atoms with van der Waals surface area (Å²) in [4.78, 5) is 24.7. The van der Waals surface area contributed by atoms with Gasteiger partial charge in [0.1, 0.15) is 5.69 Å². The molecule has 2 aromatic heterocycles. The molecule has 3 aromatic rings. The summed E-state index contributed by atoms with van der Waals surface area (Å²) in [5.41, 5.74) is 7.76. The highest BCUT2D eigenvalue weighted by molar-refractivity contribution is 5.97. The molecule has 5 rings (SSSR count). The van der Waals surface area contributed by atoms with Gasteiger partial charge in [-0.05, 0) is 73.1 Å². The molecule has 2 aliphatic carbocycles. The van der Waals surface area contributed by atoms with Crippen molar-refractivity contribution < 1.29 is 14.7 Å². The fraction of sp³-hybridized carbons (Fsp3) is 0.576. The van der Waals surface area contributed by atoms with Crippen LogP contribution in [0.4, 0.5) is 0 Å². The minimum absolute atomic E-state index is 0.0856. The lowest BCUT2D eigenvalue weighted by Gasteiger charge is -2.32. The zero-order chi connectivity index (χ0) is 29.5. The van der Waals surface area contributed by atoms with Crippen LogP contribution in [0.5, 0.6) is 0 Å². The van der Waals surface area contributed by atoms with Gasteiger partial charge in [0.2, 0.25) is 0 Å². The molecule has 2 aliphatic rings. The van der Waals surface area contributed by atoms with E-state index < -0.39 is 5.97 Å². The first-order chi connectivity index (χ1) is 19.4. The van der Waals surface area contributed by atoms with Crippen molar-refractivity contribution in [3.8, 4) is 22.5 Å². The second kappa shape index (κ2) is 11.5. The summed E-state index contributed by atoms with van der Waals surface area (Å²) in [6, 6.07) is 8.54. The van der Waals surface area contributed by atoms with Gasteiger partial charge in [-0.3, -0.25) is 9.59 Å². The van der Waals surface area contributed by atoms with Gasteiger partial charge in [0.05, 0.1) is 17.2 Å². The molecule has 2 saturated carbocycles. The fourth-order valence-corrected chi connectivity index (χ4v) is 6.55. The summed E-state index contributed by atoms with van der Waals surface area (Å²) in [7, 11) is 0. The van der Waals surface area contributed by atoms with E-state index in [1.807, 2.05) is 13.0 Å². The molecule has 0 radical (unpaired) electrons. The van der Waals surface area contributed by atoms with Crippen molar-refractivity contribution >= 4 is 11.9 Å². The van der Waals surface area contributed by atoms with Gasteiger partial charge in [0, 0.05) is 29.5 Å².